The molecule has 2 aromatic rings. The quantitative estimate of drug-likeness (QED) is 0.807. The average molecular weight is 378 g/mol. The monoisotopic (exact) mass is 377 g/mol. The Labute approximate surface area is 143 Å². The van der Waals surface area contributed by atoms with Crippen LogP contribution < -0.4 is 10.5 Å². The summed E-state index contributed by atoms with van der Waals surface area (Å²) in [6.45, 7) is 0. The summed E-state index contributed by atoms with van der Waals surface area (Å²) in [6.07, 6.45) is 8.54. The number of primary amides is 1. The van der Waals surface area contributed by atoms with Crippen molar-refractivity contribution in [2.45, 2.75) is 38.1 Å². The van der Waals surface area contributed by atoms with Crippen LogP contribution in [-0.2, 0) is 4.79 Å². The third kappa shape index (κ3) is 3.58. The van der Waals surface area contributed by atoms with E-state index >= 15 is 0 Å². The van der Waals surface area contributed by atoms with Gasteiger partial charge in [-0.1, -0.05) is 11.6 Å². The molecule has 1 amide bonds. The van der Waals surface area contributed by atoms with Crippen LogP contribution in [0.2, 0.25) is 0 Å². The second-order valence-electron chi connectivity index (χ2n) is 5.91. The van der Waals surface area contributed by atoms with Gasteiger partial charge in [-0.25, -0.2) is 0 Å². The van der Waals surface area contributed by atoms with Gasteiger partial charge in [-0.2, -0.15) is 5.10 Å². The predicted octanol–water partition coefficient (Wildman–Crippen LogP) is 3.72. The molecule has 3 rings (SSSR count). The Bertz CT molecular complexity index is 767. The number of nitrogens with zero attached hydrogens (tertiary/aromatic N) is 2. The minimum atomic E-state index is -0.231. The van der Waals surface area contributed by atoms with Crippen molar-refractivity contribution >= 4 is 32.7 Å². The molecule has 0 saturated carbocycles. The maximum absolute atomic E-state index is 10.9. The van der Waals surface area contributed by atoms with E-state index in [9.17, 15) is 4.79 Å². The number of rotatable bonds is 5. The lowest BCUT2D eigenvalue weighted by molar-refractivity contribution is -0.118. The SMILES string of the molecule is COc1cc2nn([C@@H]3CC=C(CCC(N)=O)CC3)cc2cc1Br. The third-order valence-corrected chi connectivity index (χ3v) is 4.96. The van der Waals surface area contributed by atoms with E-state index in [2.05, 4.69) is 32.9 Å². The van der Waals surface area contributed by atoms with Crippen LogP contribution in [0.4, 0.5) is 0 Å². The molecule has 122 valence electrons. The van der Waals surface area contributed by atoms with Crippen LogP contribution in [-0.4, -0.2) is 22.8 Å². The maximum atomic E-state index is 10.9. The molecule has 5 nitrogen and oxygen atoms in total. The lowest BCUT2D eigenvalue weighted by Crippen LogP contribution is -2.14. The maximum Gasteiger partial charge on any atom is 0.217 e. The minimum Gasteiger partial charge on any atom is -0.495 e. The topological polar surface area (TPSA) is 70.1 Å². The summed E-state index contributed by atoms with van der Waals surface area (Å²) in [7, 11) is 1.66. The van der Waals surface area contributed by atoms with Crippen molar-refractivity contribution in [3.63, 3.8) is 0 Å². The van der Waals surface area contributed by atoms with Crippen molar-refractivity contribution in [2.24, 2.45) is 5.73 Å². The van der Waals surface area contributed by atoms with Gasteiger partial charge in [-0.15, -0.1) is 0 Å². The van der Waals surface area contributed by atoms with Gasteiger partial charge in [0.25, 0.3) is 0 Å². The predicted molar refractivity (Wildman–Crippen MR) is 93.4 cm³/mol. The molecule has 1 aliphatic carbocycles. The highest BCUT2D eigenvalue weighted by atomic mass is 79.9. The first-order valence-electron chi connectivity index (χ1n) is 7.75. The van der Waals surface area contributed by atoms with E-state index in [4.69, 9.17) is 15.6 Å². The second kappa shape index (κ2) is 6.74. The molecular weight excluding hydrogens is 358 g/mol. The molecule has 1 aliphatic rings. The zero-order chi connectivity index (χ0) is 16.4. The van der Waals surface area contributed by atoms with E-state index in [1.807, 2.05) is 12.1 Å². The summed E-state index contributed by atoms with van der Waals surface area (Å²) >= 11 is 3.51. The molecule has 1 aromatic carbocycles. The molecule has 0 saturated heterocycles. The number of benzene rings is 1. The first-order valence-corrected chi connectivity index (χ1v) is 8.54. The van der Waals surface area contributed by atoms with Crippen molar-refractivity contribution < 1.29 is 9.53 Å². The lowest BCUT2D eigenvalue weighted by Gasteiger charge is -2.22. The molecule has 1 aromatic heterocycles. The van der Waals surface area contributed by atoms with E-state index in [0.717, 1.165) is 46.8 Å². The van der Waals surface area contributed by atoms with Crippen molar-refractivity contribution in [3.8, 4) is 5.75 Å². The molecule has 0 aliphatic heterocycles. The number of carbonyl (C=O) groups is 1. The highest BCUT2D eigenvalue weighted by Gasteiger charge is 2.18. The molecule has 0 fully saturated rings. The van der Waals surface area contributed by atoms with Crippen molar-refractivity contribution in [1.29, 1.82) is 0 Å². The molecule has 1 atom stereocenters. The summed E-state index contributed by atoms with van der Waals surface area (Å²) in [5.41, 5.74) is 7.49. The molecule has 0 spiro atoms. The average Bonchev–Trinajstić information content (AvgIpc) is 2.95. The highest BCUT2D eigenvalue weighted by Crippen LogP contribution is 2.33. The Morgan fingerprint density at radius 1 is 1.52 bits per heavy atom. The van der Waals surface area contributed by atoms with E-state index in [1.54, 1.807) is 7.11 Å². The minimum absolute atomic E-state index is 0.231. The number of aromatic nitrogens is 2. The van der Waals surface area contributed by atoms with Gasteiger partial charge >= 0.3 is 0 Å². The molecule has 1 heterocycles. The zero-order valence-electron chi connectivity index (χ0n) is 13.1. The van der Waals surface area contributed by atoms with E-state index in [0.29, 0.717) is 12.5 Å². The number of allylic oxidation sites excluding steroid dienone is 2. The number of amides is 1. The van der Waals surface area contributed by atoms with Crippen molar-refractivity contribution in [3.05, 3.63) is 34.5 Å². The molecule has 6 heteroatoms. The van der Waals surface area contributed by atoms with Gasteiger partial charge in [0.1, 0.15) is 5.75 Å². The van der Waals surface area contributed by atoms with E-state index < -0.39 is 0 Å². The summed E-state index contributed by atoms with van der Waals surface area (Å²) in [5, 5.41) is 5.80. The van der Waals surface area contributed by atoms with Crippen LogP contribution in [0.25, 0.3) is 10.9 Å². The van der Waals surface area contributed by atoms with Crippen LogP contribution in [0, 0.1) is 0 Å². The Morgan fingerprint density at radius 2 is 2.35 bits per heavy atom. The fourth-order valence-corrected chi connectivity index (χ4v) is 3.54. The molecular formula is C17H20BrN3O2. The number of hydrogen-bond donors (Lipinski definition) is 1. The normalized spacial score (nSPS) is 18.0. The van der Waals surface area contributed by atoms with E-state index in [1.165, 1.54) is 5.57 Å². The standard InChI is InChI=1S/C17H20BrN3O2/c1-23-16-9-15-12(8-14(16)18)10-21(20-15)13-5-2-11(3-6-13)4-7-17(19)22/h2,8-10,13H,3-7H2,1H3,(H2,19,22)/t13-/m1/s1. The Kier molecular flexibility index (Phi) is 4.71. The fraction of sp³-hybridized carbons (Fsp3) is 0.412. The Morgan fingerprint density at radius 3 is 3.00 bits per heavy atom. The number of ether oxygens (including phenoxy) is 1. The van der Waals surface area contributed by atoms with Crippen molar-refractivity contribution in [2.75, 3.05) is 7.11 Å². The summed E-state index contributed by atoms with van der Waals surface area (Å²) in [6, 6.07) is 4.35. The number of methoxy groups -OCH3 is 1. The van der Waals surface area contributed by atoms with E-state index in [-0.39, 0.29) is 5.91 Å². The number of halogens is 1. The highest BCUT2D eigenvalue weighted by molar-refractivity contribution is 9.10. The molecule has 0 bridgehead atoms. The van der Waals surface area contributed by atoms with Gasteiger partial charge in [-0.3, -0.25) is 9.48 Å². The van der Waals surface area contributed by atoms with Crippen LogP contribution in [0.3, 0.4) is 0 Å². The van der Waals surface area contributed by atoms with Gasteiger partial charge in [0, 0.05) is 24.1 Å². The Hall–Kier alpha value is -1.82. The van der Waals surface area contributed by atoms with Crippen LogP contribution in [0.15, 0.2) is 34.5 Å². The molecule has 23 heavy (non-hydrogen) atoms. The lowest BCUT2D eigenvalue weighted by atomic mass is 9.92. The fourth-order valence-electron chi connectivity index (χ4n) is 3.01. The van der Waals surface area contributed by atoms with Crippen LogP contribution in [0.5, 0.6) is 5.75 Å². The summed E-state index contributed by atoms with van der Waals surface area (Å²) < 4.78 is 8.31. The van der Waals surface area contributed by atoms with Crippen LogP contribution in [0.1, 0.15) is 38.1 Å². The van der Waals surface area contributed by atoms with Crippen LogP contribution >= 0.6 is 15.9 Å². The number of nitrogens with two attached hydrogens (primary N) is 1. The summed E-state index contributed by atoms with van der Waals surface area (Å²) in [5.74, 6) is 0.561. The zero-order valence-corrected chi connectivity index (χ0v) is 14.7. The van der Waals surface area contributed by atoms with Gasteiger partial charge in [-0.05, 0) is 47.7 Å². The largest absolute Gasteiger partial charge is 0.495 e. The third-order valence-electron chi connectivity index (χ3n) is 4.34. The first kappa shape index (κ1) is 16.1. The number of fused-ring (bicyclic) bond motifs is 1. The van der Waals surface area contributed by atoms with Gasteiger partial charge in [0.05, 0.1) is 23.1 Å². The first-order chi connectivity index (χ1) is 11.1. The second-order valence-corrected chi connectivity index (χ2v) is 6.77. The van der Waals surface area contributed by atoms with Gasteiger partial charge in [0.2, 0.25) is 5.91 Å². The Balaban J connectivity index is 1.75. The number of hydrogen-bond acceptors (Lipinski definition) is 3. The van der Waals surface area contributed by atoms with Gasteiger partial charge < -0.3 is 10.5 Å². The summed E-state index contributed by atoms with van der Waals surface area (Å²) in [4.78, 5) is 10.9. The van der Waals surface area contributed by atoms with Gasteiger partial charge in [0.15, 0.2) is 0 Å². The molecule has 0 radical (unpaired) electrons. The molecule has 2 N–H and O–H groups in total. The van der Waals surface area contributed by atoms with Crippen molar-refractivity contribution in [1.82, 2.24) is 9.78 Å². The smallest absolute Gasteiger partial charge is 0.217 e. The molecule has 0 unspecified atom stereocenters. The number of carbonyl (C=O) groups excluding carboxylic acids is 1.